The first kappa shape index (κ1) is 18.5. The number of fused-ring (bicyclic) bond motifs is 6. The highest BCUT2D eigenvalue weighted by molar-refractivity contribution is 5.85. The van der Waals surface area contributed by atoms with Gasteiger partial charge in [0, 0.05) is 18.3 Å². The van der Waals surface area contributed by atoms with Gasteiger partial charge in [-0.3, -0.25) is 4.79 Å². The maximum absolute atomic E-state index is 13.0. The zero-order valence-electron chi connectivity index (χ0n) is 17.3. The highest BCUT2D eigenvalue weighted by Gasteiger charge is 2.56. The van der Waals surface area contributed by atoms with E-state index < -0.39 is 6.29 Å². The third kappa shape index (κ3) is 2.87. The average Bonchev–Trinajstić information content (AvgIpc) is 3.27. The van der Waals surface area contributed by atoms with E-state index in [4.69, 9.17) is 9.47 Å². The fraction of sp³-hybridized carbons (Fsp3) is 0.708. The number of nitrogens with zero attached hydrogens (tertiary/aromatic N) is 1. The fourth-order valence-electron chi connectivity index (χ4n) is 6.38. The molecule has 3 heterocycles. The van der Waals surface area contributed by atoms with Gasteiger partial charge in [0.1, 0.15) is 0 Å². The second-order valence-corrected chi connectivity index (χ2v) is 9.82. The standard InChI is InChI=1S/C24H33NO3/c1-14(2)16-11-10-15(3)13-20(16)27-24-22-19-9-6-12-25(19)18-8-5-4-7-17(18)21(22)23(26)28-24/h4-5,7-8,14-16,19-22,24H,6,9-13H2,1-3H3/t15-,16+,19-,20-,21+,22-,24-/m1/s1. The highest BCUT2D eigenvalue weighted by Crippen LogP contribution is 2.52. The molecule has 3 aliphatic heterocycles. The highest BCUT2D eigenvalue weighted by atomic mass is 16.7. The van der Waals surface area contributed by atoms with Crippen molar-refractivity contribution in [3.05, 3.63) is 29.8 Å². The van der Waals surface area contributed by atoms with Gasteiger partial charge in [0.15, 0.2) is 0 Å². The third-order valence-corrected chi connectivity index (χ3v) is 7.78. The van der Waals surface area contributed by atoms with Crippen molar-refractivity contribution in [3.63, 3.8) is 0 Å². The molecule has 4 aliphatic rings. The molecule has 0 spiro atoms. The summed E-state index contributed by atoms with van der Waals surface area (Å²) in [5.74, 6) is 1.71. The predicted octanol–water partition coefficient (Wildman–Crippen LogP) is 4.73. The largest absolute Gasteiger partial charge is 0.435 e. The van der Waals surface area contributed by atoms with Crippen LogP contribution in [0.2, 0.25) is 0 Å². The maximum atomic E-state index is 13.0. The summed E-state index contributed by atoms with van der Waals surface area (Å²) in [5.41, 5.74) is 2.37. The molecule has 0 aromatic heterocycles. The summed E-state index contributed by atoms with van der Waals surface area (Å²) >= 11 is 0. The molecule has 0 radical (unpaired) electrons. The number of cyclic esters (lactones) is 1. The van der Waals surface area contributed by atoms with Gasteiger partial charge in [-0.15, -0.1) is 0 Å². The molecule has 4 heteroatoms. The Morgan fingerprint density at radius 1 is 1.18 bits per heavy atom. The average molecular weight is 384 g/mol. The number of carbonyl (C=O) groups excluding carboxylic acids is 1. The van der Waals surface area contributed by atoms with Crippen LogP contribution in [0.1, 0.15) is 64.4 Å². The first-order chi connectivity index (χ1) is 13.5. The van der Waals surface area contributed by atoms with Crippen molar-refractivity contribution >= 4 is 11.7 Å². The Morgan fingerprint density at radius 2 is 2.00 bits per heavy atom. The van der Waals surface area contributed by atoms with Crippen LogP contribution < -0.4 is 4.90 Å². The van der Waals surface area contributed by atoms with Crippen LogP contribution in [0.3, 0.4) is 0 Å². The molecule has 0 bridgehead atoms. The molecule has 7 atom stereocenters. The van der Waals surface area contributed by atoms with Crippen molar-refractivity contribution in [2.45, 2.75) is 77.2 Å². The molecule has 28 heavy (non-hydrogen) atoms. The second kappa shape index (κ2) is 7.05. The molecule has 1 aliphatic carbocycles. The summed E-state index contributed by atoms with van der Waals surface area (Å²) in [6, 6.07) is 8.77. The number of anilines is 1. The van der Waals surface area contributed by atoms with Crippen molar-refractivity contribution in [1.82, 2.24) is 0 Å². The number of rotatable bonds is 3. The molecule has 5 rings (SSSR count). The lowest BCUT2D eigenvalue weighted by atomic mass is 9.75. The van der Waals surface area contributed by atoms with Gasteiger partial charge in [0.2, 0.25) is 6.29 Å². The van der Waals surface area contributed by atoms with Crippen molar-refractivity contribution < 1.29 is 14.3 Å². The quantitative estimate of drug-likeness (QED) is 0.708. The van der Waals surface area contributed by atoms with Gasteiger partial charge in [-0.05, 0) is 55.1 Å². The first-order valence-electron chi connectivity index (χ1n) is 11.3. The number of hydrogen-bond donors (Lipinski definition) is 0. The van der Waals surface area contributed by atoms with E-state index >= 15 is 0 Å². The lowest BCUT2D eigenvalue weighted by Gasteiger charge is -2.43. The number of benzene rings is 1. The summed E-state index contributed by atoms with van der Waals surface area (Å²) < 4.78 is 12.6. The van der Waals surface area contributed by atoms with Crippen LogP contribution in [-0.2, 0) is 14.3 Å². The van der Waals surface area contributed by atoms with E-state index in [-0.39, 0.29) is 23.9 Å². The van der Waals surface area contributed by atoms with Crippen LogP contribution in [0, 0.1) is 23.7 Å². The van der Waals surface area contributed by atoms with E-state index in [1.165, 1.54) is 24.9 Å². The summed E-state index contributed by atoms with van der Waals surface area (Å²) in [6.45, 7) is 8.00. The number of hydrogen-bond acceptors (Lipinski definition) is 4. The Bertz CT molecular complexity index is 747. The monoisotopic (exact) mass is 383 g/mol. The van der Waals surface area contributed by atoms with E-state index in [2.05, 4.69) is 43.9 Å². The molecular weight excluding hydrogens is 350 g/mol. The van der Waals surface area contributed by atoms with Crippen molar-refractivity contribution in [2.75, 3.05) is 11.4 Å². The Kier molecular flexibility index (Phi) is 4.65. The molecule has 3 fully saturated rings. The Hall–Kier alpha value is -1.55. The summed E-state index contributed by atoms with van der Waals surface area (Å²) in [7, 11) is 0. The Morgan fingerprint density at radius 3 is 2.82 bits per heavy atom. The number of carbonyl (C=O) groups is 1. The van der Waals surface area contributed by atoms with Gasteiger partial charge in [-0.1, -0.05) is 45.4 Å². The lowest BCUT2D eigenvalue weighted by molar-refractivity contribution is -0.197. The molecule has 0 N–H and O–H groups in total. The predicted molar refractivity (Wildman–Crippen MR) is 109 cm³/mol. The van der Waals surface area contributed by atoms with E-state index in [9.17, 15) is 4.79 Å². The second-order valence-electron chi connectivity index (χ2n) is 9.82. The SMILES string of the molecule is CC(C)[C@@H]1CC[C@@H](C)C[C@H]1O[C@@H]1OC(=O)[C@H]2c3ccccc3N3CCC[C@@H]3[C@@H]12. The molecular formula is C24H33NO3. The molecule has 152 valence electrons. The summed E-state index contributed by atoms with van der Waals surface area (Å²) in [5, 5.41) is 0. The van der Waals surface area contributed by atoms with E-state index in [1.807, 2.05) is 6.07 Å². The first-order valence-corrected chi connectivity index (χ1v) is 11.3. The molecule has 4 nitrogen and oxygen atoms in total. The Balaban J connectivity index is 1.45. The summed E-state index contributed by atoms with van der Waals surface area (Å²) in [6.07, 6.45) is 5.69. The number of esters is 1. The lowest BCUT2D eigenvalue weighted by Crippen LogP contribution is -2.48. The van der Waals surface area contributed by atoms with Gasteiger partial charge in [0.05, 0.1) is 17.9 Å². The zero-order valence-corrected chi connectivity index (χ0v) is 17.3. The third-order valence-electron chi connectivity index (χ3n) is 7.78. The topological polar surface area (TPSA) is 38.8 Å². The van der Waals surface area contributed by atoms with Crippen LogP contribution in [0.5, 0.6) is 0 Å². The molecule has 1 aromatic carbocycles. The molecule has 0 unspecified atom stereocenters. The van der Waals surface area contributed by atoms with Crippen molar-refractivity contribution in [3.8, 4) is 0 Å². The van der Waals surface area contributed by atoms with Gasteiger partial charge in [-0.25, -0.2) is 0 Å². The van der Waals surface area contributed by atoms with Crippen molar-refractivity contribution in [2.24, 2.45) is 23.7 Å². The van der Waals surface area contributed by atoms with E-state index in [1.54, 1.807) is 0 Å². The van der Waals surface area contributed by atoms with Crippen LogP contribution in [0.25, 0.3) is 0 Å². The molecule has 2 saturated heterocycles. The minimum absolute atomic E-state index is 0.0843. The number of ether oxygens (including phenoxy) is 2. The zero-order chi connectivity index (χ0) is 19.4. The minimum atomic E-state index is -0.395. The fourth-order valence-corrected chi connectivity index (χ4v) is 6.38. The minimum Gasteiger partial charge on any atom is -0.435 e. The van der Waals surface area contributed by atoms with Crippen LogP contribution in [-0.4, -0.2) is 30.9 Å². The molecule has 0 amide bonds. The van der Waals surface area contributed by atoms with Gasteiger partial charge in [0.25, 0.3) is 0 Å². The summed E-state index contributed by atoms with van der Waals surface area (Å²) in [4.78, 5) is 15.5. The smallest absolute Gasteiger partial charge is 0.316 e. The van der Waals surface area contributed by atoms with Gasteiger partial charge >= 0.3 is 5.97 Å². The molecule has 1 aromatic rings. The van der Waals surface area contributed by atoms with Crippen LogP contribution in [0.15, 0.2) is 24.3 Å². The van der Waals surface area contributed by atoms with Crippen LogP contribution in [0.4, 0.5) is 5.69 Å². The molecule has 1 saturated carbocycles. The number of para-hydroxylation sites is 1. The van der Waals surface area contributed by atoms with Gasteiger partial charge in [-0.2, -0.15) is 0 Å². The van der Waals surface area contributed by atoms with E-state index in [0.717, 1.165) is 24.9 Å². The normalized spacial score (nSPS) is 39.5. The van der Waals surface area contributed by atoms with Crippen LogP contribution >= 0.6 is 0 Å². The Labute approximate surface area is 168 Å². The van der Waals surface area contributed by atoms with Gasteiger partial charge < -0.3 is 14.4 Å². The maximum Gasteiger partial charge on any atom is 0.316 e. The van der Waals surface area contributed by atoms with Crippen molar-refractivity contribution in [1.29, 1.82) is 0 Å². The van der Waals surface area contributed by atoms with E-state index in [0.29, 0.717) is 23.8 Å².